The molecule has 0 aliphatic carbocycles. The Morgan fingerprint density at radius 2 is 1.70 bits per heavy atom. The Kier molecular flexibility index (Phi) is 7.22. The predicted octanol–water partition coefficient (Wildman–Crippen LogP) is 2.52. The van der Waals surface area contributed by atoms with Gasteiger partial charge in [-0.2, -0.15) is 4.31 Å². The number of hydrazine groups is 1. The lowest BCUT2D eigenvalue weighted by Crippen LogP contribution is -2.55. The van der Waals surface area contributed by atoms with Crippen molar-refractivity contribution in [2.45, 2.75) is 36.6 Å². The normalized spacial score (nSPS) is 17.3. The fourth-order valence-electron chi connectivity index (χ4n) is 3.24. The van der Waals surface area contributed by atoms with Gasteiger partial charge in [0.15, 0.2) is 0 Å². The molecule has 160 valence electrons. The first kappa shape index (κ1) is 22.4. The minimum absolute atomic E-state index is 0.0495. The first-order chi connectivity index (χ1) is 14.3. The van der Waals surface area contributed by atoms with Crippen molar-refractivity contribution < 1.29 is 22.4 Å². The molecule has 3 rings (SSSR count). The summed E-state index contributed by atoms with van der Waals surface area (Å²) >= 11 is 3.27. The highest BCUT2D eigenvalue weighted by Gasteiger charge is 2.37. The van der Waals surface area contributed by atoms with Gasteiger partial charge in [0, 0.05) is 11.0 Å². The summed E-state index contributed by atoms with van der Waals surface area (Å²) in [5.74, 6) is -1.49. The highest BCUT2D eigenvalue weighted by Crippen LogP contribution is 2.26. The molecule has 0 saturated carbocycles. The van der Waals surface area contributed by atoms with Gasteiger partial charge >= 0.3 is 0 Å². The van der Waals surface area contributed by atoms with Gasteiger partial charge in [0.25, 0.3) is 5.91 Å². The maximum absolute atomic E-state index is 13.0. The summed E-state index contributed by atoms with van der Waals surface area (Å²) in [5, 5.41) is 0. The molecule has 2 aromatic rings. The number of benzene rings is 2. The Bertz CT molecular complexity index is 1010. The van der Waals surface area contributed by atoms with Crippen molar-refractivity contribution in [3.63, 3.8) is 0 Å². The predicted molar refractivity (Wildman–Crippen MR) is 112 cm³/mol. The molecule has 1 aliphatic heterocycles. The minimum atomic E-state index is -3.86. The third-order valence-electron chi connectivity index (χ3n) is 4.78. The molecule has 30 heavy (non-hydrogen) atoms. The van der Waals surface area contributed by atoms with E-state index in [0.29, 0.717) is 24.8 Å². The van der Waals surface area contributed by atoms with E-state index < -0.39 is 33.7 Å². The third-order valence-corrected chi connectivity index (χ3v) is 7.23. The molecule has 2 N–H and O–H groups in total. The highest BCUT2D eigenvalue weighted by atomic mass is 79.9. The van der Waals surface area contributed by atoms with Crippen LogP contribution in [0.25, 0.3) is 0 Å². The molecule has 1 unspecified atom stereocenters. The number of carbonyl (C=O) groups is 2. The number of rotatable bonds is 5. The summed E-state index contributed by atoms with van der Waals surface area (Å²) in [6, 6.07) is 10.7. The third kappa shape index (κ3) is 5.44. The van der Waals surface area contributed by atoms with E-state index >= 15 is 0 Å². The summed E-state index contributed by atoms with van der Waals surface area (Å²) < 4.78 is 40.9. The Hall–Kier alpha value is -2.30. The van der Waals surface area contributed by atoms with Crippen LogP contribution in [0.5, 0.6) is 0 Å². The molecule has 10 heteroatoms. The largest absolute Gasteiger partial charge is 0.273 e. The zero-order chi connectivity index (χ0) is 21.7. The summed E-state index contributed by atoms with van der Waals surface area (Å²) in [7, 11) is -3.86. The molecule has 0 spiro atoms. The number of carbonyl (C=O) groups excluding carboxylic acids is 2. The van der Waals surface area contributed by atoms with E-state index in [9.17, 15) is 22.4 Å². The number of piperidine rings is 1. The zero-order valence-electron chi connectivity index (χ0n) is 16.0. The molecular formula is C20H21BrFN3O4S. The molecule has 2 amide bonds. The lowest BCUT2D eigenvalue weighted by atomic mass is 10.0. The molecule has 0 bridgehead atoms. The van der Waals surface area contributed by atoms with Crippen LogP contribution in [0.4, 0.5) is 4.39 Å². The highest BCUT2D eigenvalue weighted by molar-refractivity contribution is 9.10. The summed E-state index contributed by atoms with van der Waals surface area (Å²) in [5.41, 5.74) is 5.21. The van der Waals surface area contributed by atoms with Gasteiger partial charge in [0.2, 0.25) is 15.9 Å². The fourth-order valence-corrected chi connectivity index (χ4v) is 5.16. The van der Waals surface area contributed by atoms with Gasteiger partial charge in [0.05, 0.1) is 11.3 Å². The first-order valence-electron chi connectivity index (χ1n) is 9.38. The second kappa shape index (κ2) is 9.67. The zero-order valence-corrected chi connectivity index (χ0v) is 18.4. The van der Waals surface area contributed by atoms with Crippen LogP contribution < -0.4 is 10.9 Å². The van der Waals surface area contributed by atoms with E-state index in [0.717, 1.165) is 4.47 Å². The number of nitrogens with one attached hydrogen (secondary N) is 2. The van der Waals surface area contributed by atoms with E-state index in [4.69, 9.17) is 0 Å². The van der Waals surface area contributed by atoms with Crippen LogP contribution >= 0.6 is 15.9 Å². The number of amides is 2. The second-order valence-electron chi connectivity index (χ2n) is 6.92. The molecule has 0 aromatic heterocycles. The van der Waals surface area contributed by atoms with E-state index in [1.165, 1.54) is 40.7 Å². The Morgan fingerprint density at radius 3 is 2.37 bits per heavy atom. The average Bonchev–Trinajstić information content (AvgIpc) is 2.74. The van der Waals surface area contributed by atoms with Crippen LogP contribution in [0.3, 0.4) is 0 Å². The average molecular weight is 498 g/mol. The molecule has 0 radical (unpaired) electrons. The molecule has 2 aromatic carbocycles. The van der Waals surface area contributed by atoms with E-state index in [1.807, 2.05) is 0 Å². The number of hydrogen-bond acceptors (Lipinski definition) is 4. The fraction of sp³-hybridized carbons (Fsp3) is 0.300. The van der Waals surface area contributed by atoms with Crippen molar-refractivity contribution in [2.24, 2.45) is 0 Å². The Balaban J connectivity index is 1.65. The molecule has 1 aliphatic rings. The second-order valence-corrected chi connectivity index (χ2v) is 9.73. The van der Waals surface area contributed by atoms with E-state index in [2.05, 4.69) is 26.8 Å². The first-order valence-corrected chi connectivity index (χ1v) is 11.6. The van der Waals surface area contributed by atoms with Crippen molar-refractivity contribution in [1.82, 2.24) is 15.2 Å². The van der Waals surface area contributed by atoms with Gasteiger partial charge in [-0.15, -0.1) is 0 Å². The lowest BCUT2D eigenvalue weighted by Gasteiger charge is -2.33. The maximum atomic E-state index is 13.0. The van der Waals surface area contributed by atoms with Crippen molar-refractivity contribution >= 4 is 37.8 Å². The molecule has 1 fully saturated rings. The van der Waals surface area contributed by atoms with Crippen LogP contribution in [0.15, 0.2) is 57.9 Å². The van der Waals surface area contributed by atoms with Crippen LogP contribution in [0.1, 0.15) is 24.8 Å². The van der Waals surface area contributed by atoms with Gasteiger partial charge in [-0.1, -0.05) is 34.5 Å². The number of halogens is 2. The Morgan fingerprint density at radius 1 is 1.03 bits per heavy atom. The monoisotopic (exact) mass is 497 g/mol. The van der Waals surface area contributed by atoms with Gasteiger partial charge < -0.3 is 0 Å². The molecule has 1 saturated heterocycles. The van der Waals surface area contributed by atoms with Gasteiger partial charge in [-0.05, 0) is 54.8 Å². The maximum Gasteiger partial charge on any atom is 0.256 e. The van der Waals surface area contributed by atoms with Gasteiger partial charge in [-0.3, -0.25) is 20.4 Å². The topological polar surface area (TPSA) is 95.6 Å². The standard InChI is InChI=1S/C20H21BrFN3O4S/c21-15-6-10-17(11-7-15)30(28,29)25-12-2-1-3-18(25)20(27)24-23-19(26)13-14-4-8-16(22)9-5-14/h4-11,18H,1-3,12-13H2,(H,23,26)(H,24,27). The molecule has 1 atom stereocenters. The summed E-state index contributed by atoms with van der Waals surface area (Å²) in [4.78, 5) is 24.8. The van der Waals surface area contributed by atoms with Gasteiger partial charge in [0.1, 0.15) is 11.9 Å². The number of nitrogens with zero attached hydrogens (tertiary/aromatic N) is 1. The van der Waals surface area contributed by atoms with Crippen molar-refractivity contribution in [1.29, 1.82) is 0 Å². The van der Waals surface area contributed by atoms with Crippen LogP contribution in [0, 0.1) is 5.82 Å². The van der Waals surface area contributed by atoms with Crippen molar-refractivity contribution in [3.8, 4) is 0 Å². The Labute approximate surface area is 182 Å². The van der Waals surface area contributed by atoms with Crippen LogP contribution in [-0.4, -0.2) is 37.1 Å². The van der Waals surface area contributed by atoms with Crippen LogP contribution in [0.2, 0.25) is 0 Å². The smallest absolute Gasteiger partial charge is 0.256 e. The van der Waals surface area contributed by atoms with Crippen molar-refractivity contribution in [2.75, 3.05) is 6.54 Å². The minimum Gasteiger partial charge on any atom is -0.273 e. The van der Waals surface area contributed by atoms with Crippen LogP contribution in [-0.2, 0) is 26.0 Å². The van der Waals surface area contributed by atoms with Crippen molar-refractivity contribution in [3.05, 3.63) is 64.4 Å². The summed E-state index contributed by atoms with van der Waals surface area (Å²) in [6.45, 7) is 0.222. The van der Waals surface area contributed by atoms with E-state index in [-0.39, 0.29) is 17.9 Å². The molecule has 1 heterocycles. The molecule has 7 nitrogen and oxygen atoms in total. The summed E-state index contributed by atoms with van der Waals surface area (Å²) in [6.07, 6.45) is 1.66. The SMILES string of the molecule is O=C(Cc1ccc(F)cc1)NNC(=O)C1CCCCN1S(=O)(=O)c1ccc(Br)cc1. The quantitative estimate of drug-likeness (QED) is 0.620. The van der Waals surface area contributed by atoms with E-state index in [1.54, 1.807) is 12.1 Å². The van der Waals surface area contributed by atoms with Gasteiger partial charge in [-0.25, -0.2) is 12.8 Å². The molecular weight excluding hydrogens is 477 g/mol. The number of sulfonamides is 1. The lowest BCUT2D eigenvalue weighted by molar-refractivity contribution is -0.131. The number of hydrogen-bond donors (Lipinski definition) is 2.